The molecule has 0 fully saturated rings. The zero-order valence-corrected chi connectivity index (χ0v) is 20.9. The van der Waals surface area contributed by atoms with Gasteiger partial charge < -0.3 is 0 Å². The maximum atomic E-state index is 7.59. The van der Waals surface area contributed by atoms with Gasteiger partial charge in [-0.05, 0) is 0 Å². The Kier molecular flexibility index (Phi) is 7.42. The van der Waals surface area contributed by atoms with E-state index >= 15 is 0 Å². The van der Waals surface area contributed by atoms with E-state index in [9.17, 15) is 0 Å². The number of benzene rings is 2. The molecule has 2 aromatic rings. The summed E-state index contributed by atoms with van der Waals surface area (Å²) in [5.74, 6) is 0. The van der Waals surface area contributed by atoms with Gasteiger partial charge in [-0.3, -0.25) is 0 Å². The average Bonchev–Trinajstić information content (AvgIpc) is 2.64. The first-order valence-corrected chi connectivity index (χ1v) is 18.9. The molecule has 0 saturated carbocycles. The standard InChI is InChI=1S/C22H34Ge2O/c1-7-23(8-2,21-15-11-9-12-16-21)25-24(19(3)4,20(5)6)22-17-13-10-14-18-22/h9-20H,7-8H2,1-6H3. The Bertz CT molecular complexity index is 626. The van der Waals surface area contributed by atoms with Crippen LogP contribution in [-0.4, -0.2) is 27.2 Å². The molecule has 0 aliphatic rings. The van der Waals surface area contributed by atoms with Gasteiger partial charge in [0.1, 0.15) is 0 Å². The van der Waals surface area contributed by atoms with E-state index in [0.29, 0.717) is 9.50 Å². The molecule has 0 spiro atoms. The molecule has 2 rings (SSSR count). The van der Waals surface area contributed by atoms with E-state index in [0.717, 1.165) is 0 Å². The van der Waals surface area contributed by atoms with Crippen LogP contribution in [-0.2, 0) is 2.79 Å². The van der Waals surface area contributed by atoms with E-state index in [1.807, 2.05) is 0 Å². The molecular formula is C22H34Ge2O. The van der Waals surface area contributed by atoms with Crippen LogP contribution in [0.2, 0.25) is 20.0 Å². The predicted molar refractivity (Wildman–Crippen MR) is 116 cm³/mol. The maximum absolute atomic E-state index is 7.59. The van der Waals surface area contributed by atoms with Crippen LogP contribution in [0.3, 0.4) is 0 Å². The molecule has 136 valence electrons. The van der Waals surface area contributed by atoms with Crippen LogP contribution in [0.15, 0.2) is 60.7 Å². The first-order chi connectivity index (χ1) is 11.9. The van der Waals surface area contributed by atoms with Gasteiger partial charge >= 0.3 is 161 Å². The zero-order chi connectivity index (χ0) is 18.5. The fraction of sp³-hybridized carbons (Fsp3) is 0.455. The minimum atomic E-state index is -2.76. The van der Waals surface area contributed by atoms with Crippen molar-refractivity contribution in [3.8, 4) is 0 Å². The van der Waals surface area contributed by atoms with Crippen LogP contribution in [0.5, 0.6) is 0 Å². The average molecular weight is 460 g/mol. The molecule has 0 unspecified atom stereocenters. The van der Waals surface area contributed by atoms with Crippen molar-refractivity contribution in [2.24, 2.45) is 0 Å². The summed E-state index contributed by atoms with van der Waals surface area (Å²) in [4.78, 5) is 0. The molecule has 0 aliphatic heterocycles. The number of hydrogen-bond acceptors (Lipinski definition) is 1. The Balaban J connectivity index is 2.62. The van der Waals surface area contributed by atoms with Gasteiger partial charge in [0.2, 0.25) is 0 Å². The van der Waals surface area contributed by atoms with E-state index in [2.05, 4.69) is 102 Å². The topological polar surface area (TPSA) is 9.23 Å². The summed E-state index contributed by atoms with van der Waals surface area (Å²) in [7, 11) is 0. The Hall–Kier alpha value is -0.514. The SMILES string of the molecule is C[CH2][Ge]([CH2]C)([O][Ge]([c]1ccccc1)([CH](C)C)[CH](C)C)[c]1ccccc1. The van der Waals surface area contributed by atoms with Crippen molar-refractivity contribution in [2.45, 2.75) is 61.5 Å². The zero-order valence-electron chi connectivity index (χ0n) is 16.8. The Labute approximate surface area is 160 Å². The quantitative estimate of drug-likeness (QED) is 0.469. The minimum absolute atomic E-state index is 0.606. The van der Waals surface area contributed by atoms with E-state index < -0.39 is 27.2 Å². The molecule has 0 heterocycles. The predicted octanol–water partition coefficient (Wildman–Crippen LogP) is 5.57. The molecular weight excluding hydrogens is 425 g/mol. The molecule has 0 aromatic heterocycles. The van der Waals surface area contributed by atoms with E-state index in [4.69, 9.17) is 2.79 Å². The summed E-state index contributed by atoms with van der Waals surface area (Å²) < 4.78 is 11.8. The normalized spacial score (nSPS) is 12.8. The molecule has 0 radical (unpaired) electrons. The van der Waals surface area contributed by atoms with Gasteiger partial charge in [-0.25, -0.2) is 0 Å². The van der Waals surface area contributed by atoms with Gasteiger partial charge in [0.05, 0.1) is 0 Å². The molecule has 2 aromatic carbocycles. The third-order valence-electron chi connectivity index (χ3n) is 5.75. The van der Waals surface area contributed by atoms with Gasteiger partial charge in [0.15, 0.2) is 0 Å². The fourth-order valence-electron chi connectivity index (χ4n) is 4.25. The monoisotopic (exact) mass is 462 g/mol. The van der Waals surface area contributed by atoms with Gasteiger partial charge in [-0.15, -0.1) is 0 Å². The summed E-state index contributed by atoms with van der Waals surface area (Å²) >= 11 is -5.36. The first-order valence-electron chi connectivity index (χ1n) is 9.74. The van der Waals surface area contributed by atoms with Crippen molar-refractivity contribution in [1.29, 1.82) is 0 Å². The van der Waals surface area contributed by atoms with Crippen LogP contribution < -0.4 is 8.79 Å². The van der Waals surface area contributed by atoms with Crippen LogP contribution >= 0.6 is 0 Å². The first kappa shape index (κ1) is 20.8. The van der Waals surface area contributed by atoms with Crippen molar-refractivity contribution < 1.29 is 2.79 Å². The van der Waals surface area contributed by atoms with Crippen molar-refractivity contribution >= 4 is 36.0 Å². The molecule has 0 atom stereocenters. The second-order valence-corrected chi connectivity index (χ2v) is 28.0. The second-order valence-electron chi connectivity index (χ2n) is 7.64. The summed E-state index contributed by atoms with van der Waals surface area (Å²) in [6.07, 6.45) is 0. The van der Waals surface area contributed by atoms with E-state index in [1.54, 1.807) is 0 Å². The Morgan fingerprint density at radius 2 is 1.08 bits per heavy atom. The van der Waals surface area contributed by atoms with Crippen LogP contribution in [0, 0.1) is 0 Å². The van der Waals surface area contributed by atoms with Crippen LogP contribution in [0.4, 0.5) is 0 Å². The van der Waals surface area contributed by atoms with E-state index in [-0.39, 0.29) is 0 Å². The van der Waals surface area contributed by atoms with Gasteiger partial charge in [0, 0.05) is 0 Å². The molecule has 0 N–H and O–H groups in total. The Morgan fingerprint density at radius 3 is 1.44 bits per heavy atom. The molecule has 0 saturated heterocycles. The third kappa shape index (κ3) is 4.09. The van der Waals surface area contributed by atoms with Crippen molar-refractivity contribution in [3.63, 3.8) is 0 Å². The molecule has 3 heteroatoms. The molecule has 0 aliphatic carbocycles. The fourth-order valence-corrected chi connectivity index (χ4v) is 37.1. The van der Waals surface area contributed by atoms with Crippen molar-refractivity contribution in [2.75, 3.05) is 0 Å². The van der Waals surface area contributed by atoms with Crippen LogP contribution in [0.25, 0.3) is 0 Å². The third-order valence-corrected chi connectivity index (χ3v) is 32.7. The summed E-state index contributed by atoms with van der Waals surface area (Å²) in [5, 5.41) is 2.39. The van der Waals surface area contributed by atoms with Gasteiger partial charge in [0.25, 0.3) is 0 Å². The van der Waals surface area contributed by atoms with Crippen LogP contribution in [0.1, 0.15) is 41.5 Å². The summed E-state index contributed by atoms with van der Waals surface area (Å²) in [6, 6.07) is 22.3. The Morgan fingerprint density at radius 1 is 0.680 bits per heavy atom. The van der Waals surface area contributed by atoms with E-state index in [1.165, 1.54) is 19.3 Å². The molecule has 0 bridgehead atoms. The molecule has 0 amide bonds. The molecule has 25 heavy (non-hydrogen) atoms. The van der Waals surface area contributed by atoms with Gasteiger partial charge in [-0.1, -0.05) is 0 Å². The molecule has 1 nitrogen and oxygen atoms in total. The number of hydrogen-bond donors (Lipinski definition) is 0. The number of rotatable bonds is 8. The van der Waals surface area contributed by atoms with Crippen molar-refractivity contribution in [1.82, 2.24) is 0 Å². The van der Waals surface area contributed by atoms with Crippen molar-refractivity contribution in [3.05, 3.63) is 60.7 Å². The summed E-state index contributed by atoms with van der Waals surface area (Å²) in [6.45, 7) is 14.3. The second kappa shape index (κ2) is 8.92. The summed E-state index contributed by atoms with van der Waals surface area (Å²) in [5.41, 5.74) is 0. The van der Waals surface area contributed by atoms with Gasteiger partial charge in [-0.2, -0.15) is 0 Å².